The summed E-state index contributed by atoms with van der Waals surface area (Å²) in [6.45, 7) is 14.8. The molecule has 1 unspecified atom stereocenters. The number of rotatable bonds is 7. The monoisotopic (exact) mass is 278 g/mol. The first-order chi connectivity index (χ1) is 9.36. The zero-order valence-electron chi connectivity index (χ0n) is 13.9. The van der Waals surface area contributed by atoms with Gasteiger partial charge in [0.2, 0.25) is 5.88 Å². The van der Waals surface area contributed by atoms with Crippen LogP contribution in [0.25, 0.3) is 0 Å². The van der Waals surface area contributed by atoms with Crippen LogP contribution in [0.3, 0.4) is 0 Å². The summed E-state index contributed by atoms with van der Waals surface area (Å²) in [4.78, 5) is 4.68. The molecular weight excluding hydrogens is 248 g/mol. The van der Waals surface area contributed by atoms with Gasteiger partial charge in [-0.3, -0.25) is 0 Å². The van der Waals surface area contributed by atoms with Crippen LogP contribution in [0.2, 0.25) is 0 Å². The van der Waals surface area contributed by atoms with Gasteiger partial charge in [-0.1, -0.05) is 41.0 Å². The highest BCUT2D eigenvalue weighted by Crippen LogP contribution is 2.25. The molecule has 0 saturated carbocycles. The Morgan fingerprint density at radius 3 is 2.50 bits per heavy atom. The molecular formula is C17H30N2O. The van der Waals surface area contributed by atoms with E-state index in [1.54, 1.807) is 0 Å². The van der Waals surface area contributed by atoms with E-state index in [2.05, 4.69) is 64.0 Å². The maximum absolute atomic E-state index is 5.97. The summed E-state index contributed by atoms with van der Waals surface area (Å²) < 4.78 is 5.97. The van der Waals surface area contributed by atoms with Gasteiger partial charge in [-0.15, -0.1) is 0 Å². The number of nitrogens with zero attached hydrogens (tertiary/aromatic N) is 1. The second-order valence-electron chi connectivity index (χ2n) is 6.45. The Kier molecular flexibility index (Phi) is 6.47. The van der Waals surface area contributed by atoms with Gasteiger partial charge in [-0.2, -0.15) is 0 Å². The molecule has 0 aliphatic carbocycles. The topological polar surface area (TPSA) is 34.1 Å². The van der Waals surface area contributed by atoms with Crippen molar-refractivity contribution in [2.75, 3.05) is 6.54 Å². The molecule has 1 heterocycles. The number of aromatic nitrogens is 1. The average molecular weight is 278 g/mol. The van der Waals surface area contributed by atoms with Crippen molar-refractivity contribution in [3.8, 4) is 5.88 Å². The molecule has 0 aliphatic heterocycles. The predicted octanol–water partition coefficient (Wildman–Crippen LogP) is 4.06. The molecule has 1 atom stereocenters. The summed E-state index contributed by atoms with van der Waals surface area (Å²) in [6, 6.07) is 4.24. The van der Waals surface area contributed by atoms with E-state index in [9.17, 15) is 0 Å². The maximum atomic E-state index is 5.97. The highest BCUT2D eigenvalue weighted by Gasteiger charge is 2.18. The molecule has 0 saturated heterocycles. The molecule has 20 heavy (non-hydrogen) atoms. The Labute approximate surface area is 124 Å². The van der Waals surface area contributed by atoms with Crippen LogP contribution in [0.1, 0.15) is 65.6 Å². The summed E-state index contributed by atoms with van der Waals surface area (Å²) in [7, 11) is 0. The third kappa shape index (κ3) is 5.49. The fourth-order valence-electron chi connectivity index (χ4n) is 2.05. The van der Waals surface area contributed by atoms with Crippen LogP contribution in [0.5, 0.6) is 5.88 Å². The number of pyridine rings is 1. The van der Waals surface area contributed by atoms with Gasteiger partial charge in [0.05, 0.1) is 11.8 Å². The Hall–Kier alpha value is -1.09. The van der Waals surface area contributed by atoms with Crippen LogP contribution in [0.15, 0.2) is 12.1 Å². The van der Waals surface area contributed by atoms with E-state index < -0.39 is 0 Å². The van der Waals surface area contributed by atoms with E-state index in [0.29, 0.717) is 0 Å². The highest BCUT2D eigenvalue weighted by atomic mass is 16.5. The maximum Gasteiger partial charge on any atom is 0.214 e. The fraction of sp³-hybridized carbons (Fsp3) is 0.706. The highest BCUT2D eigenvalue weighted by molar-refractivity contribution is 5.28. The molecule has 1 aromatic heterocycles. The van der Waals surface area contributed by atoms with Crippen molar-refractivity contribution in [2.24, 2.45) is 0 Å². The zero-order chi connectivity index (χ0) is 15.2. The quantitative estimate of drug-likeness (QED) is 0.817. The van der Waals surface area contributed by atoms with Gasteiger partial charge in [0, 0.05) is 18.0 Å². The first-order valence-corrected chi connectivity index (χ1v) is 7.75. The molecule has 1 N–H and O–H groups in total. The molecule has 0 spiro atoms. The molecule has 3 nitrogen and oxygen atoms in total. The second kappa shape index (κ2) is 7.63. The lowest BCUT2D eigenvalue weighted by molar-refractivity contribution is 0.200. The average Bonchev–Trinajstić information content (AvgIpc) is 2.35. The minimum atomic E-state index is 0.0360. The molecule has 1 rings (SSSR count). The van der Waals surface area contributed by atoms with E-state index in [1.165, 1.54) is 5.56 Å². The largest absolute Gasteiger partial charge is 0.475 e. The lowest BCUT2D eigenvalue weighted by Gasteiger charge is -2.21. The lowest BCUT2D eigenvalue weighted by atomic mass is 9.91. The van der Waals surface area contributed by atoms with Crippen LogP contribution < -0.4 is 10.1 Å². The van der Waals surface area contributed by atoms with E-state index in [4.69, 9.17) is 4.74 Å². The van der Waals surface area contributed by atoms with Gasteiger partial charge in [0.15, 0.2) is 0 Å². The van der Waals surface area contributed by atoms with Crippen LogP contribution in [0, 0.1) is 0 Å². The Morgan fingerprint density at radius 2 is 1.95 bits per heavy atom. The van der Waals surface area contributed by atoms with Gasteiger partial charge in [-0.25, -0.2) is 4.98 Å². The first-order valence-electron chi connectivity index (χ1n) is 7.75. The van der Waals surface area contributed by atoms with Crippen molar-refractivity contribution in [1.82, 2.24) is 10.3 Å². The van der Waals surface area contributed by atoms with Crippen molar-refractivity contribution < 1.29 is 4.74 Å². The summed E-state index contributed by atoms with van der Waals surface area (Å²) in [6.07, 6.45) is 2.41. The molecule has 0 aromatic carbocycles. The summed E-state index contributed by atoms with van der Waals surface area (Å²) >= 11 is 0. The minimum Gasteiger partial charge on any atom is -0.475 e. The van der Waals surface area contributed by atoms with Crippen LogP contribution in [-0.2, 0) is 12.0 Å². The van der Waals surface area contributed by atoms with Crippen molar-refractivity contribution in [2.45, 2.75) is 72.4 Å². The van der Waals surface area contributed by atoms with E-state index in [0.717, 1.165) is 37.5 Å². The van der Waals surface area contributed by atoms with E-state index in [1.807, 2.05) is 0 Å². The van der Waals surface area contributed by atoms with Crippen molar-refractivity contribution in [1.29, 1.82) is 0 Å². The molecule has 0 bridgehead atoms. The van der Waals surface area contributed by atoms with E-state index in [-0.39, 0.29) is 11.5 Å². The van der Waals surface area contributed by atoms with Gasteiger partial charge < -0.3 is 10.1 Å². The molecule has 0 aliphatic rings. The fourth-order valence-corrected chi connectivity index (χ4v) is 2.05. The van der Waals surface area contributed by atoms with Crippen molar-refractivity contribution in [3.63, 3.8) is 0 Å². The smallest absolute Gasteiger partial charge is 0.214 e. The molecule has 0 amide bonds. The zero-order valence-corrected chi connectivity index (χ0v) is 13.9. The summed E-state index contributed by atoms with van der Waals surface area (Å²) in [5, 5.41) is 3.37. The molecule has 114 valence electrons. The number of hydrogen-bond acceptors (Lipinski definition) is 3. The lowest BCUT2D eigenvalue weighted by Crippen LogP contribution is -2.19. The first kappa shape index (κ1) is 17.0. The Morgan fingerprint density at radius 1 is 1.25 bits per heavy atom. The van der Waals surface area contributed by atoms with E-state index >= 15 is 0 Å². The molecule has 3 heteroatoms. The number of nitrogens with one attached hydrogen (secondary N) is 1. The van der Waals surface area contributed by atoms with Crippen molar-refractivity contribution in [3.05, 3.63) is 23.4 Å². The van der Waals surface area contributed by atoms with Gasteiger partial charge in [0.25, 0.3) is 0 Å². The van der Waals surface area contributed by atoms with Gasteiger partial charge in [-0.05, 0) is 31.5 Å². The molecule has 0 fully saturated rings. The summed E-state index contributed by atoms with van der Waals surface area (Å²) in [5.41, 5.74) is 2.37. The second-order valence-corrected chi connectivity index (χ2v) is 6.45. The Bertz CT molecular complexity index is 410. The van der Waals surface area contributed by atoms with Crippen LogP contribution in [0.4, 0.5) is 0 Å². The third-order valence-corrected chi connectivity index (χ3v) is 3.23. The normalized spacial score (nSPS) is 13.3. The summed E-state index contributed by atoms with van der Waals surface area (Å²) in [5.74, 6) is 0.756. The number of ether oxygens (including phenoxy) is 1. The van der Waals surface area contributed by atoms with Gasteiger partial charge >= 0.3 is 0 Å². The molecule has 1 aromatic rings. The van der Waals surface area contributed by atoms with Crippen LogP contribution in [-0.4, -0.2) is 17.6 Å². The Balaban J connectivity index is 2.97. The predicted molar refractivity (Wildman–Crippen MR) is 85.3 cm³/mol. The third-order valence-electron chi connectivity index (χ3n) is 3.23. The SMILES string of the molecule is CCCC(C)Oc1cc(CNCC)cc(C(C)(C)C)n1. The number of hydrogen-bond donors (Lipinski definition) is 1. The standard InChI is InChI=1S/C17H30N2O/c1-7-9-13(3)20-16-11-14(12-18-8-2)10-15(19-16)17(4,5)6/h10-11,13,18H,7-9,12H2,1-6H3. The van der Waals surface area contributed by atoms with Crippen molar-refractivity contribution >= 4 is 0 Å². The minimum absolute atomic E-state index is 0.0360. The van der Waals surface area contributed by atoms with Gasteiger partial charge in [0.1, 0.15) is 0 Å². The van der Waals surface area contributed by atoms with Crippen LogP contribution >= 0.6 is 0 Å². The molecule has 0 radical (unpaired) electrons.